The molecule has 0 saturated carbocycles. The highest BCUT2D eigenvalue weighted by atomic mass is 79.9. The van der Waals surface area contributed by atoms with Gasteiger partial charge < -0.3 is 0 Å². The van der Waals surface area contributed by atoms with Crippen molar-refractivity contribution in [2.45, 2.75) is 6.43 Å². The number of nitro groups is 1. The van der Waals surface area contributed by atoms with Gasteiger partial charge in [0, 0.05) is 6.07 Å². The molecule has 0 aliphatic carbocycles. The third-order valence-electron chi connectivity index (χ3n) is 1.50. The lowest BCUT2D eigenvalue weighted by atomic mass is 10.2. The van der Waals surface area contributed by atoms with Crippen molar-refractivity contribution in [3.8, 4) is 0 Å². The summed E-state index contributed by atoms with van der Waals surface area (Å²) in [6.45, 7) is 0. The lowest BCUT2D eigenvalue weighted by molar-refractivity contribution is -0.386. The first-order valence-electron chi connectivity index (χ1n) is 3.35. The Morgan fingerprint density at radius 3 is 2.43 bits per heavy atom. The molecule has 0 aliphatic heterocycles. The zero-order valence-corrected chi connectivity index (χ0v) is 8.09. The van der Waals surface area contributed by atoms with Crippen LogP contribution in [-0.2, 0) is 0 Å². The van der Waals surface area contributed by atoms with E-state index in [4.69, 9.17) is 0 Å². The van der Waals surface area contributed by atoms with E-state index in [0.717, 1.165) is 6.07 Å². The fraction of sp³-hybridized carbons (Fsp3) is 0.143. The maximum Gasteiger partial charge on any atom is 0.279 e. The smallest absolute Gasteiger partial charge is 0.258 e. The predicted octanol–water partition coefficient (Wildman–Crippen LogP) is 3.43. The fourth-order valence-corrected chi connectivity index (χ4v) is 1.22. The summed E-state index contributed by atoms with van der Waals surface area (Å²) < 4.78 is 37.0. The van der Waals surface area contributed by atoms with Crippen LogP contribution in [0.5, 0.6) is 0 Å². The van der Waals surface area contributed by atoms with E-state index in [1.54, 1.807) is 0 Å². The minimum Gasteiger partial charge on any atom is -0.258 e. The summed E-state index contributed by atoms with van der Waals surface area (Å²) in [5.74, 6) is -0.953. The second-order valence-electron chi connectivity index (χ2n) is 2.38. The van der Waals surface area contributed by atoms with Gasteiger partial charge in [0.2, 0.25) is 0 Å². The Balaban J connectivity index is 3.39. The van der Waals surface area contributed by atoms with Crippen molar-refractivity contribution >= 4 is 21.6 Å². The van der Waals surface area contributed by atoms with Gasteiger partial charge in [0.25, 0.3) is 12.1 Å². The third-order valence-corrected chi connectivity index (χ3v) is 2.11. The van der Waals surface area contributed by atoms with E-state index < -0.39 is 28.4 Å². The minimum absolute atomic E-state index is 0.214. The number of alkyl halides is 2. The lowest BCUT2D eigenvalue weighted by Gasteiger charge is -2.02. The second kappa shape index (κ2) is 3.95. The molecule has 0 unspecified atom stereocenters. The zero-order chi connectivity index (χ0) is 10.9. The Morgan fingerprint density at radius 1 is 1.43 bits per heavy atom. The van der Waals surface area contributed by atoms with Crippen LogP contribution >= 0.6 is 15.9 Å². The number of benzene rings is 1. The van der Waals surface area contributed by atoms with Gasteiger partial charge in [-0.2, -0.15) is 0 Å². The number of rotatable bonds is 2. The molecule has 0 N–H and O–H groups in total. The van der Waals surface area contributed by atoms with E-state index in [1.165, 1.54) is 0 Å². The van der Waals surface area contributed by atoms with Crippen LogP contribution in [0.25, 0.3) is 0 Å². The highest BCUT2D eigenvalue weighted by Crippen LogP contribution is 2.32. The standard InChI is InChI=1S/C7H3BrF3NO2/c8-4-2-6(12(13)14)3(7(10)11)1-5(4)9/h1-2,7H. The Kier molecular flexibility index (Phi) is 3.10. The molecule has 1 aromatic rings. The average Bonchev–Trinajstić information content (AvgIpc) is 2.08. The molecule has 0 bridgehead atoms. The molecular weight excluding hydrogens is 267 g/mol. The molecule has 76 valence electrons. The molecule has 0 heterocycles. The van der Waals surface area contributed by atoms with Crippen molar-refractivity contribution in [1.29, 1.82) is 0 Å². The molecule has 0 amide bonds. The Hall–Kier alpha value is -1.11. The van der Waals surface area contributed by atoms with Crippen molar-refractivity contribution in [3.63, 3.8) is 0 Å². The number of hydrogen-bond acceptors (Lipinski definition) is 2. The summed E-state index contributed by atoms with van der Waals surface area (Å²) in [5, 5.41) is 10.3. The van der Waals surface area contributed by atoms with E-state index in [0.29, 0.717) is 6.07 Å². The fourth-order valence-electron chi connectivity index (χ4n) is 0.885. The van der Waals surface area contributed by atoms with Gasteiger partial charge in [0.1, 0.15) is 5.82 Å². The van der Waals surface area contributed by atoms with Gasteiger partial charge in [-0.3, -0.25) is 10.1 Å². The SMILES string of the molecule is O=[N+]([O-])c1cc(Br)c(F)cc1C(F)F. The normalized spacial score (nSPS) is 10.6. The molecule has 0 aliphatic rings. The molecule has 0 spiro atoms. The van der Waals surface area contributed by atoms with Crippen LogP contribution in [0, 0.1) is 15.9 Å². The van der Waals surface area contributed by atoms with Gasteiger partial charge in [0.15, 0.2) is 0 Å². The van der Waals surface area contributed by atoms with Gasteiger partial charge in [0.05, 0.1) is 15.0 Å². The molecule has 0 fully saturated rings. The van der Waals surface area contributed by atoms with Gasteiger partial charge >= 0.3 is 0 Å². The molecule has 1 rings (SSSR count). The molecule has 0 saturated heterocycles. The van der Waals surface area contributed by atoms with Crippen LogP contribution in [0.2, 0.25) is 0 Å². The molecule has 0 atom stereocenters. The molecule has 0 aromatic heterocycles. The second-order valence-corrected chi connectivity index (χ2v) is 3.24. The average molecular weight is 270 g/mol. The van der Waals surface area contributed by atoms with Crippen molar-refractivity contribution in [2.75, 3.05) is 0 Å². The molecule has 7 heteroatoms. The lowest BCUT2D eigenvalue weighted by Crippen LogP contribution is -1.97. The molecule has 14 heavy (non-hydrogen) atoms. The summed E-state index contributed by atoms with van der Waals surface area (Å²) in [7, 11) is 0. The quantitative estimate of drug-likeness (QED) is 0.610. The number of nitrogens with zero attached hydrogens (tertiary/aromatic N) is 1. The van der Waals surface area contributed by atoms with Crippen LogP contribution in [0.3, 0.4) is 0 Å². The number of nitro benzene ring substituents is 1. The van der Waals surface area contributed by atoms with Gasteiger partial charge in [-0.05, 0) is 22.0 Å². The first-order chi connectivity index (χ1) is 6.43. The number of hydrogen-bond donors (Lipinski definition) is 0. The Bertz CT molecular complexity index is 383. The molecule has 1 aromatic carbocycles. The predicted molar refractivity (Wildman–Crippen MR) is 45.7 cm³/mol. The van der Waals surface area contributed by atoms with Crippen LogP contribution in [0.4, 0.5) is 18.9 Å². The topological polar surface area (TPSA) is 43.1 Å². The van der Waals surface area contributed by atoms with E-state index in [2.05, 4.69) is 15.9 Å². The van der Waals surface area contributed by atoms with Crippen molar-refractivity contribution in [2.24, 2.45) is 0 Å². The van der Waals surface area contributed by atoms with Crippen LogP contribution in [0.15, 0.2) is 16.6 Å². The largest absolute Gasteiger partial charge is 0.279 e. The van der Waals surface area contributed by atoms with Crippen LogP contribution < -0.4 is 0 Å². The Labute approximate surface area is 84.8 Å². The first-order valence-corrected chi connectivity index (χ1v) is 4.14. The van der Waals surface area contributed by atoms with Gasteiger partial charge in [-0.25, -0.2) is 13.2 Å². The maximum absolute atomic E-state index is 12.8. The highest BCUT2D eigenvalue weighted by molar-refractivity contribution is 9.10. The van der Waals surface area contributed by atoms with E-state index in [-0.39, 0.29) is 4.47 Å². The van der Waals surface area contributed by atoms with Crippen molar-refractivity contribution < 1.29 is 18.1 Å². The first kappa shape index (κ1) is 11.0. The van der Waals surface area contributed by atoms with Crippen LogP contribution in [0.1, 0.15) is 12.0 Å². The van der Waals surface area contributed by atoms with Crippen molar-refractivity contribution in [3.05, 3.63) is 38.1 Å². The summed E-state index contributed by atoms with van der Waals surface area (Å²) in [4.78, 5) is 9.34. The summed E-state index contributed by atoms with van der Waals surface area (Å²) >= 11 is 2.67. The summed E-state index contributed by atoms with van der Waals surface area (Å²) in [5.41, 5.74) is -1.72. The van der Waals surface area contributed by atoms with E-state index in [1.807, 2.05) is 0 Å². The highest BCUT2D eigenvalue weighted by Gasteiger charge is 2.23. The molecule has 0 radical (unpaired) electrons. The van der Waals surface area contributed by atoms with E-state index in [9.17, 15) is 23.3 Å². The third kappa shape index (κ3) is 2.03. The Morgan fingerprint density at radius 2 is 2.00 bits per heavy atom. The zero-order valence-electron chi connectivity index (χ0n) is 6.51. The number of halogens is 4. The molecule has 3 nitrogen and oxygen atoms in total. The minimum atomic E-state index is -3.07. The van der Waals surface area contributed by atoms with Crippen molar-refractivity contribution in [1.82, 2.24) is 0 Å². The van der Waals surface area contributed by atoms with Gasteiger partial charge in [-0.15, -0.1) is 0 Å². The monoisotopic (exact) mass is 269 g/mol. The summed E-state index contributed by atoms with van der Waals surface area (Å²) in [6, 6.07) is 1.17. The molecular formula is C7H3BrF3NO2. The van der Waals surface area contributed by atoms with Gasteiger partial charge in [-0.1, -0.05) is 0 Å². The maximum atomic E-state index is 12.8. The van der Waals surface area contributed by atoms with Crippen LogP contribution in [-0.4, -0.2) is 4.92 Å². The van der Waals surface area contributed by atoms with E-state index >= 15 is 0 Å². The summed E-state index contributed by atoms with van der Waals surface area (Å²) in [6.07, 6.45) is -3.07.